The second kappa shape index (κ2) is 10.2. The minimum absolute atomic E-state index is 0.101. The van der Waals surface area contributed by atoms with Crippen LogP contribution in [-0.4, -0.2) is 45.8 Å². The molecule has 2 aromatic carbocycles. The van der Waals surface area contributed by atoms with Gasteiger partial charge >= 0.3 is 0 Å². The molecule has 1 saturated carbocycles. The van der Waals surface area contributed by atoms with Crippen LogP contribution < -0.4 is 10.3 Å². The number of carbonyl (C=O) groups excluding carboxylic acids is 1. The topological polar surface area (TPSA) is 64.4 Å². The molecule has 0 spiro atoms. The summed E-state index contributed by atoms with van der Waals surface area (Å²) in [6.07, 6.45) is 5.78. The van der Waals surface area contributed by atoms with Crippen LogP contribution in [0.5, 0.6) is 5.75 Å². The molecule has 0 aliphatic heterocycles. The number of hydrogen-bond acceptors (Lipinski definition) is 5. The van der Waals surface area contributed by atoms with Crippen LogP contribution in [0.15, 0.2) is 58.5 Å². The summed E-state index contributed by atoms with van der Waals surface area (Å²) in [6, 6.07) is 15.0. The molecule has 7 heteroatoms. The molecule has 0 N–H and O–H groups in total. The van der Waals surface area contributed by atoms with Gasteiger partial charge in [-0.05, 0) is 44.0 Å². The number of benzene rings is 2. The van der Waals surface area contributed by atoms with Gasteiger partial charge in [0.2, 0.25) is 5.91 Å². The van der Waals surface area contributed by atoms with Gasteiger partial charge in [0.25, 0.3) is 5.56 Å². The normalized spacial score (nSPS) is 14.4. The molecule has 1 aliphatic carbocycles. The fourth-order valence-corrected chi connectivity index (χ4v) is 5.33. The third-order valence-corrected chi connectivity index (χ3v) is 6.98. The number of hydrogen-bond donors (Lipinski definition) is 0. The van der Waals surface area contributed by atoms with Crippen LogP contribution in [0.4, 0.5) is 0 Å². The second-order valence-electron chi connectivity index (χ2n) is 8.01. The molecule has 32 heavy (non-hydrogen) atoms. The summed E-state index contributed by atoms with van der Waals surface area (Å²) in [5.74, 6) is 1.01. The Hall–Kier alpha value is -2.80. The van der Waals surface area contributed by atoms with E-state index in [4.69, 9.17) is 9.72 Å². The second-order valence-corrected chi connectivity index (χ2v) is 8.96. The van der Waals surface area contributed by atoms with Crippen molar-refractivity contribution in [2.24, 2.45) is 0 Å². The van der Waals surface area contributed by atoms with Crippen LogP contribution in [0, 0.1) is 0 Å². The Labute approximate surface area is 192 Å². The van der Waals surface area contributed by atoms with Gasteiger partial charge < -0.3 is 9.64 Å². The Kier molecular flexibility index (Phi) is 7.15. The number of amides is 1. The zero-order valence-corrected chi connectivity index (χ0v) is 19.4. The van der Waals surface area contributed by atoms with E-state index in [9.17, 15) is 9.59 Å². The van der Waals surface area contributed by atoms with Crippen LogP contribution in [-0.2, 0) is 4.79 Å². The zero-order chi connectivity index (χ0) is 22.5. The lowest BCUT2D eigenvalue weighted by molar-refractivity contribution is -0.131. The Morgan fingerprint density at radius 2 is 1.94 bits per heavy atom. The lowest BCUT2D eigenvalue weighted by Crippen LogP contribution is -2.42. The highest BCUT2D eigenvalue weighted by atomic mass is 32.2. The molecular formula is C25H29N3O3S. The predicted molar refractivity (Wildman–Crippen MR) is 129 cm³/mol. The number of methoxy groups -OCH3 is 1. The fourth-order valence-electron chi connectivity index (χ4n) is 4.43. The molecule has 1 heterocycles. The van der Waals surface area contributed by atoms with Gasteiger partial charge in [-0.1, -0.05) is 49.2 Å². The molecule has 0 saturated heterocycles. The molecule has 0 unspecified atom stereocenters. The van der Waals surface area contributed by atoms with Crippen molar-refractivity contribution in [3.63, 3.8) is 0 Å². The van der Waals surface area contributed by atoms with Crippen LogP contribution >= 0.6 is 11.8 Å². The van der Waals surface area contributed by atoms with Gasteiger partial charge in [-0.2, -0.15) is 0 Å². The number of ether oxygens (including phenoxy) is 1. The first-order valence-corrected chi connectivity index (χ1v) is 12.2. The average Bonchev–Trinajstić information content (AvgIpc) is 2.84. The molecule has 1 aromatic heterocycles. The van der Waals surface area contributed by atoms with Crippen molar-refractivity contribution in [1.82, 2.24) is 14.5 Å². The molecule has 1 fully saturated rings. The summed E-state index contributed by atoms with van der Waals surface area (Å²) in [6.45, 7) is 2.75. The van der Waals surface area contributed by atoms with Gasteiger partial charge in [0.05, 0.1) is 29.5 Å². The Bertz CT molecular complexity index is 1150. The number of rotatable bonds is 7. The summed E-state index contributed by atoms with van der Waals surface area (Å²) in [5.41, 5.74) is 1.15. The predicted octanol–water partition coefficient (Wildman–Crippen LogP) is 4.67. The van der Waals surface area contributed by atoms with Crippen molar-refractivity contribution in [2.75, 3.05) is 19.4 Å². The number of aromatic nitrogens is 2. The molecule has 168 valence electrons. The summed E-state index contributed by atoms with van der Waals surface area (Å²) in [4.78, 5) is 33.3. The highest BCUT2D eigenvalue weighted by Crippen LogP contribution is 2.26. The monoisotopic (exact) mass is 451 g/mol. The molecule has 0 bridgehead atoms. The molecular weight excluding hydrogens is 422 g/mol. The van der Waals surface area contributed by atoms with Crippen molar-refractivity contribution in [2.45, 2.75) is 50.2 Å². The molecule has 0 radical (unpaired) electrons. The van der Waals surface area contributed by atoms with E-state index in [1.165, 1.54) is 31.0 Å². The van der Waals surface area contributed by atoms with Crippen molar-refractivity contribution < 1.29 is 9.53 Å². The molecule has 0 atom stereocenters. The molecule has 1 aliphatic rings. The lowest BCUT2D eigenvalue weighted by atomic mass is 9.94. The van der Waals surface area contributed by atoms with E-state index in [1.54, 1.807) is 17.7 Å². The van der Waals surface area contributed by atoms with Gasteiger partial charge in [-0.3, -0.25) is 14.2 Å². The van der Waals surface area contributed by atoms with E-state index >= 15 is 0 Å². The smallest absolute Gasteiger partial charge is 0.266 e. The van der Waals surface area contributed by atoms with Crippen LogP contribution in [0.1, 0.15) is 39.0 Å². The summed E-state index contributed by atoms with van der Waals surface area (Å²) in [5, 5.41) is 1.05. The molecule has 1 amide bonds. The van der Waals surface area contributed by atoms with E-state index in [1.807, 2.05) is 54.3 Å². The number of carbonyl (C=O) groups is 1. The van der Waals surface area contributed by atoms with Gasteiger partial charge in [0.15, 0.2) is 5.16 Å². The van der Waals surface area contributed by atoms with Crippen molar-refractivity contribution in [3.8, 4) is 11.4 Å². The summed E-state index contributed by atoms with van der Waals surface area (Å²) < 4.78 is 6.93. The Morgan fingerprint density at radius 1 is 1.16 bits per heavy atom. The van der Waals surface area contributed by atoms with Gasteiger partial charge in [0.1, 0.15) is 5.75 Å². The van der Waals surface area contributed by atoms with E-state index in [-0.39, 0.29) is 17.2 Å². The van der Waals surface area contributed by atoms with E-state index in [2.05, 4.69) is 0 Å². The van der Waals surface area contributed by atoms with E-state index in [0.29, 0.717) is 40.1 Å². The van der Waals surface area contributed by atoms with Crippen molar-refractivity contribution in [1.29, 1.82) is 0 Å². The minimum atomic E-state index is -0.154. The van der Waals surface area contributed by atoms with Crippen LogP contribution in [0.3, 0.4) is 0 Å². The number of thioether (sulfide) groups is 1. The Morgan fingerprint density at radius 3 is 2.69 bits per heavy atom. The largest absolute Gasteiger partial charge is 0.497 e. The van der Waals surface area contributed by atoms with E-state index < -0.39 is 0 Å². The van der Waals surface area contributed by atoms with Gasteiger partial charge in [-0.15, -0.1) is 0 Å². The standard InChI is InChI=1S/C25H29N3O3S/c1-3-27(18-10-5-4-6-11-18)23(29)17-32-25-26-22-15-8-7-14-21(22)24(30)28(25)19-12-9-13-20(16-19)31-2/h7-9,12-16,18H,3-6,10-11,17H2,1-2H3. The van der Waals surface area contributed by atoms with Crippen LogP contribution in [0.2, 0.25) is 0 Å². The SMILES string of the molecule is CCN(C(=O)CSc1nc2ccccc2c(=O)n1-c1cccc(OC)c1)C1CCCCC1. The maximum atomic E-state index is 13.4. The number of para-hydroxylation sites is 1. The maximum absolute atomic E-state index is 13.4. The summed E-state index contributed by atoms with van der Waals surface area (Å²) in [7, 11) is 1.60. The minimum Gasteiger partial charge on any atom is -0.497 e. The van der Waals surface area contributed by atoms with E-state index in [0.717, 1.165) is 12.8 Å². The first-order chi connectivity index (χ1) is 15.6. The summed E-state index contributed by atoms with van der Waals surface area (Å²) >= 11 is 1.32. The van der Waals surface area contributed by atoms with Crippen LogP contribution in [0.25, 0.3) is 16.6 Å². The van der Waals surface area contributed by atoms with Crippen molar-refractivity contribution in [3.05, 3.63) is 58.9 Å². The highest BCUT2D eigenvalue weighted by molar-refractivity contribution is 7.99. The first-order valence-electron chi connectivity index (χ1n) is 11.2. The molecule has 6 nitrogen and oxygen atoms in total. The molecule has 4 rings (SSSR count). The average molecular weight is 452 g/mol. The van der Waals surface area contributed by atoms with Crippen molar-refractivity contribution >= 4 is 28.6 Å². The maximum Gasteiger partial charge on any atom is 0.266 e. The number of nitrogens with zero attached hydrogens (tertiary/aromatic N) is 3. The molecule has 3 aromatic rings. The van der Waals surface area contributed by atoms with Gasteiger partial charge in [0, 0.05) is 18.7 Å². The van der Waals surface area contributed by atoms with Gasteiger partial charge in [-0.25, -0.2) is 4.98 Å². The number of fused-ring (bicyclic) bond motifs is 1. The zero-order valence-electron chi connectivity index (χ0n) is 18.6. The fraction of sp³-hybridized carbons (Fsp3) is 0.400. The quantitative estimate of drug-likeness (QED) is 0.386. The third-order valence-electron chi connectivity index (χ3n) is 6.06. The lowest BCUT2D eigenvalue weighted by Gasteiger charge is -2.33. The highest BCUT2D eigenvalue weighted by Gasteiger charge is 2.25. The first kappa shape index (κ1) is 22.4. The third kappa shape index (κ3) is 4.67. The Balaban J connectivity index is 1.68.